The van der Waals surface area contributed by atoms with Gasteiger partial charge in [-0.15, -0.1) is 0 Å². The van der Waals surface area contributed by atoms with Gasteiger partial charge in [-0.05, 0) is 19.3 Å². The lowest BCUT2D eigenvalue weighted by Crippen LogP contribution is -2.50. The molecule has 0 aromatic carbocycles. The zero-order valence-electron chi connectivity index (χ0n) is 9.96. The number of carbonyl (C=O) groups is 2. The molecule has 2 aliphatic rings. The molecule has 2 aliphatic heterocycles. The van der Waals surface area contributed by atoms with Crippen LogP contribution in [0.4, 0.5) is 4.79 Å². The Kier molecular flexibility index (Phi) is 3.51. The molecule has 0 saturated carbocycles. The van der Waals surface area contributed by atoms with Crippen molar-refractivity contribution in [3.05, 3.63) is 0 Å². The van der Waals surface area contributed by atoms with Gasteiger partial charge in [-0.2, -0.15) is 0 Å². The number of urea groups is 1. The van der Waals surface area contributed by atoms with Crippen LogP contribution in [-0.2, 0) is 9.53 Å². The van der Waals surface area contributed by atoms with Crippen LogP contribution in [0.15, 0.2) is 0 Å². The third-order valence-corrected chi connectivity index (χ3v) is 3.54. The minimum Gasteiger partial charge on any atom is -0.480 e. The Balaban J connectivity index is 2.00. The van der Waals surface area contributed by atoms with Gasteiger partial charge in [0.2, 0.25) is 0 Å². The van der Waals surface area contributed by atoms with E-state index in [4.69, 9.17) is 9.84 Å². The number of likely N-dealkylation sites (tertiary alicyclic amines) is 1. The Labute approximate surface area is 100 Å². The molecule has 0 aliphatic carbocycles. The fraction of sp³-hybridized carbons (Fsp3) is 0.818. The molecular formula is C11H18N2O4. The number of hydrogen-bond acceptors (Lipinski definition) is 3. The summed E-state index contributed by atoms with van der Waals surface area (Å²) in [5.41, 5.74) is 0. The predicted molar refractivity (Wildman–Crippen MR) is 59.7 cm³/mol. The maximum atomic E-state index is 12.2. The Morgan fingerprint density at radius 3 is 2.76 bits per heavy atom. The second-order valence-electron chi connectivity index (χ2n) is 4.60. The van der Waals surface area contributed by atoms with Gasteiger partial charge in [0.05, 0.1) is 12.6 Å². The van der Waals surface area contributed by atoms with Crippen LogP contribution in [0.1, 0.15) is 19.3 Å². The fourth-order valence-corrected chi connectivity index (χ4v) is 2.44. The quantitative estimate of drug-likeness (QED) is 0.759. The molecule has 0 radical (unpaired) electrons. The summed E-state index contributed by atoms with van der Waals surface area (Å²) in [6.45, 7) is 1.76. The highest BCUT2D eigenvalue weighted by atomic mass is 16.5. The van der Waals surface area contributed by atoms with E-state index in [-0.39, 0.29) is 12.1 Å². The number of aliphatic carboxylic acids is 1. The molecule has 0 aromatic heterocycles. The first-order chi connectivity index (χ1) is 8.11. The molecule has 2 atom stereocenters. The first kappa shape index (κ1) is 12.2. The molecule has 2 unspecified atom stereocenters. The monoisotopic (exact) mass is 242 g/mol. The Morgan fingerprint density at radius 2 is 2.18 bits per heavy atom. The average molecular weight is 242 g/mol. The fourth-order valence-electron chi connectivity index (χ4n) is 2.44. The standard InChI is InChI=1S/C11H18N2O4/c1-12(8-4-6-17-7-8)11(16)13-5-2-3-9(13)10(14)15/h8-9H,2-7H2,1H3,(H,14,15). The zero-order chi connectivity index (χ0) is 12.4. The topological polar surface area (TPSA) is 70.1 Å². The molecular weight excluding hydrogens is 224 g/mol. The van der Waals surface area contributed by atoms with E-state index >= 15 is 0 Å². The van der Waals surface area contributed by atoms with Gasteiger partial charge in [0, 0.05) is 20.2 Å². The van der Waals surface area contributed by atoms with E-state index in [9.17, 15) is 9.59 Å². The van der Waals surface area contributed by atoms with E-state index < -0.39 is 12.0 Å². The lowest BCUT2D eigenvalue weighted by molar-refractivity contribution is -0.141. The van der Waals surface area contributed by atoms with Gasteiger partial charge in [-0.1, -0.05) is 0 Å². The minimum absolute atomic E-state index is 0.0811. The molecule has 1 N–H and O–H groups in total. The number of carboxylic acids is 1. The maximum Gasteiger partial charge on any atom is 0.326 e. The van der Waals surface area contributed by atoms with Gasteiger partial charge >= 0.3 is 12.0 Å². The smallest absolute Gasteiger partial charge is 0.326 e. The van der Waals surface area contributed by atoms with Crippen molar-refractivity contribution in [2.24, 2.45) is 0 Å². The molecule has 2 rings (SSSR count). The summed E-state index contributed by atoms with van der Waals surface area (Å²) in [7, 11) is 1.72. The van der Waals surface area contributed by atoms with Crippen molar-refractivity contribution < 1.29 is 19.4 Å². The number of carbonyl (C=O) groups excluding carboxylic acids is 1. The highest BCUT2D eigenvalue weighted by Gasteiger charge is 2.37. The number of nitrogens with zero attached hydrogens (tertiary/aromatic N) is 2. The summed E-state index contributed by atoms with van der Waals surface area (Å²) in [5, 5.41) is 9.04. The molecule has 2 saturated heterocycles. The van der Waals surface area contributed by atoms with Gasteiger partial charge in [0.25, 0.3) is 0 Å². The van der Waals surface area contributed by atoms with Crippen LogP contribution < -0.4 is 0 Å². The van der Waals surface area contributed by atoms with Crippen LogP contribution >= 0.6 is 0 Å². The van der Waals surface area contributed by atoms with Crippen LogP contribution in [0.25, 0.3) is 0 Å². The number of hydrogen-bond donors (Lipinski definition) is 1. The molecule has 6 heteroatoms. The minimum atomic E-state index is -0.910. The number of carboxylic acid groups (broad SMARTS) is 1. The van der Waals surface area contributed by atoms with Crippen molar-refractivity contribution in [1.82, 2.24) is 9.80 Å². The van der Waals surface area contributed by atoms with Crippen LogP contribution in [-0.4, -0.2) is 65.8 Å². The molecule has 96 valence electrons. The summed E-state index contributed by atoms with van der Waals surface area (Å²) in [4.78, 5) is 26.3. The van der Waals surface area contributed by atoms with Crippen molar-refractivity contribution in [2.75, 3.05) is 26.8 Å². The van der Waals surface area contributed by atoms with E-state index in [1.165, 1.54) is 4.90 Å². The van der Waals surface area contributed by atoms with Crippen LogP contribution in [0.5, 0.6) is 0 Å². The predicted octanol–water partition coefficient (Wildman–Crippen LogP) is 0.376. The Hall–Kier alpha value is -1.30. The molecule has 2 fully saturated rings. The highest BCUT2D eigenvalue weighted by Crippen LogP contribution is 2.21. The zero-order valence-corrected chi connectivity index (χ0v) is 9.96. The Morgan fingerprint density at radius 1 is 1.41 bits per heavy atom. The third kappa shape index (κ3) is 2.36. The summed E-state index contributed by atoms with van der Waals surface area (Å²) < 4.78 is 5.24. The van der Waals surface area contributed by atoms with Crippen molar-refractivity contribution >= 4 is 12.0 Å². The Bertz CT molecular complexity index is 315. The molecule has 17 heavy (non-hydrogen) atoms. The van der Waals surface area contributed by atoms with Crippen molar-refractivity contribution in [3.63, 3.8) is 0 Å². The van der Waals surface area contributed by atoms with Gasteiger partial charge in [0.15, 0.2) is 0 Å². The number of rotatable bonds is 2. The van der Waals surface area contributed by atoms with Crippen LogP contribution in [0, 0.1) is 0 Å². The SMILES string of the molecule is CN(C(=O)N1CCCC1C(=O)O)C1CCOC1. The average Bonchev–Trinajstić information content (AvgIpc) is 2.97. The molecule has 2 heterocycles. The number of likely N-dealkylation sites (N-methyl/N-ethyl adjacent to an activating group) is 1. The first-order valence-corrected chi connectivity index (χ1v) is 5.95. The molecule has 2 amide bonds. The van der Waals surface area contributed by atoms with Gasteiger partial charge in [-0.25, -0.2) is 9.59 Å². The van der Waals surface area contributed by atoms with Crippen molar-refractivity contribution in [3.8, 4) is 0 Å². The van der Waals surface area contributed by atoms with Gasteiger partial charge in [0.1, 0.15) is 6.04 Å². The second-order valence-corrected chi connectivity index (χ2v) is 4.60. The van der Waals surface area contributed by atoms with Crippen molar-refractivity contribution in [1.29, 1.82) is 0 Å². The highest BCUT2D eigenvalue weighted by molar-refractivity contribution is 5.83. The van der Waals surface area contributed by atoms with Gasteiger partial charge < -0.3 is 19.6 Å². The van der Waals surface area contributed by atoms with Crippen LogP contribution in [0.2, 0.25) is 0 Å². The lowest BCUT2D eigenvalue weighted by Gasteiger charge is -2.30. The second kappa shape index (κ2) is 4.91. The molecule has 0 spiro atoms. The van der Waals surface area contributed by atoms with E-state index in [0.717, 1.165) is 12.8 Å². The maximum absolute atomic E-state index is 12.2. The summed E-state index contributed by atoms with van der Waals surface area (Å²) in [5.74, 6) is -0.910. The molecule has 0 aromatic rings. The van der Waals surface area contributed by atoms with Crippen molar-refractivity contribution in [2.45, 2.75) is 31.3 Å². The molecule has 0 bridgehead atoms. The normalized spacial score (nSPS) is 28.4. The summed E-state index contributed by atoms with van der Waals surface area (Å²) in [6, 6.07) is -0.768. The van der Waals surface area contributed by atoms with E-state index in [0.29, 0.717) is 26.2 Å². The van der Waals surface area contributed by atoms with Crippen LogP contribution in [0.3, 0.4) is 0 Å². The largest absolute Gasteiger partial charge is 0.480 e. The number of amides is 2. The lowest BCUT2D eigenvalue weighted by atomic mass is 10.2. The third-order valence-electron chi connectivity index (χ3n) is 3.54. The van der Waals surface area contributed by atoms with E-state index in [1.807, 2.05) is 0 Å². The van der Waals surface area contributed by atoms with Gasteiger partial charge in [-0.3, -0.25) is 0 Å². The molecule has 6 nitrogen and oxygen atoms in total. The number of ether oxygens (including phenoxy) is 1. The summed E-state index contributed by atoms with van der Waals surface area (Å²) in [6.07, 6.45) is 2.14. The van der Waals surface area contributed by atoms with E-state index in [2.05, 4.69) is 0 Å². The first-order valence-electron chi connectivity index (χ1n) is 5.95. The van der Waals surface area contributed by atoms with E-state index in [1.54, 1.807) is 11.9 Å². The summed E-state index contributed by atoms with van der Waals surface area (Å²) >= 11 is 0.